The zero-order chi connectivity index (χ0) is 22.5. The maximum absolute atomic E-state index is 13.0. The normalized spacial score (nSPS) is 18.5. The van der Waals surface area contributed by atoms with E-state index in [1.54, 1.807) is 12.1 Å². The number of ether oxygens (including phenoxy) is 2. The van der Waals surface area contributed by atoms with Crippen LogP contribution in [0.15, 0.2) is 66.6 Å². The highest BCUT2D eigenvalue weighted by molar-refractivity contribution is 5.92. The summed E-state index contributed by atoms with van der Waals surface area (Å²) in [6.45, 7) is 15.2. The summed E-state index contributed by atoms with van der Waals surface area (Å²) in [6, 6.07) is 7.33. The molecule has 4 rings (SSSR count). The number of halogens is 2. The average Bonchev–Trinajstić information content (AvgIpc) is 3.06. The molecule has 2 aromatic rings. The largest absolute Gasteiger partial charge is 0.494 e. The van der Waals surface area contributed by atoms with Gasteiger partial charge in [0.2, 0.25) is 0 Å². The number of alkyl halides is 2. The third-order valence-electron chi connectivity index (χ3n) is 5.90. The minimum atomic E-state index is -2.87. The molecule has 0 amide bonds. The molecule has 164 valence electrons. The number of aromatic nitrogens is 1. The van der Waals surface area contributed by atoms with Gasteiger partial charge in [-0.15, -0.1) is 0 Å². The van der Waals surface area contributed by atoms with Crippen molar-refractivity contribution in [3.8, 4) is 5.75 Å². The molecule has 1 aromatic heterocycles. The lowest BCUT2D eigenvalue weighted by Crippen LogP contribution is -2.47. The molecule has 31 heavy (non-hydrogen) atoms. The van der Waals surface area contributed by atoms with Crippen molar-refractivity contribution in [3.63, 3.8) is 0 Å². The molecule has 4 nitrogen and oxygen atoms in total. The van der Waals surface area contributed by atoms with Crippen molar-refractivity contribution in [3.05, 3.63) is 72.3 Å². The summed E-state index contributed by atoms with van der Waals surface area (Å²) in [4.78, 5) is 2.25. The molecule has 0 N–H and O–H groups in total. The molecule has 0 radical (unpaired) electrons. The average molecular weight is 427 g/mol. The van der Waals surface area contributed by atoms with E-state index in [9.17, 15) is 8.78 Å². The molecule has 1 aromatic carbocycles. The molecule has 2 aliphatic heterocycles. The Hall–Kier alpha value is -3.02. The molecule has 2 aliphatic rings. The summed E-state index contributed by atoms with van der Waals surface area (Å²) in [6.07, 6.45) is 4.08. The summed E-state index contributed by atoms with van der Waals surface area (Å²) < 4.78 is 38.6. The highest BCUT2D eigenvalue weighted by Crippen LogP contribution is 2.44. The molecule has 1 unspecified atom stereocenters. The van der Waals surface area contributed by atoms with Crippen molar-refractivity contribution in [2.45, 2.75) is 46.9 Å². The first-order chi connectivity index (χ1) is 14.6. The number of benzene rings is 1. The van der Waals surface area contributed by atoms with Crippen LogP contribution in [0, 0.1) is 5.41 Å². The highest BCUT2D eigenvalue weighted by Gasteiger charge is 2.39. The van der Waals surface area contributed by atoms with Crippen LogP contribution in [0.4, 0.5) is 8.78 Å². The van der Waals surface area contributed by atoms with Gasteiger partial charge in [0, 0.05) is 23.7 Å². The van der Waals surface area contributed by atoms with E-state index in [4.69, 9.17) is 9.47 Å². The van der Waals surface area contributed by atoms with Gasteiger partial charge in [0.25, 0.3) is 0 Å². The van der Waals surface area contributed by atoms with Crippen LogP contribution in [0.25, 0.3) is 16.6 Å². The van der Waals surface area contributed by atoms with Crippen LogP contribution in [0.1, 0.15) is 33.4 Å². The molecular formula is C25H28F2N2O2. The fraction of sp³-hybridized carbons (Fsp3) is 0.360. The molecule has 1 atom stereocenters. The van der Waals surface area contributed by atoms with Gasteiger partial charge >= 0.3 is 6.61 Å². The minimum Gasteiger partial charge on any atom is -0.494 e. The lowest BCUT2D eigenvalue weighted by atomic mass is 9.83. The van der Waals surface area contributed by atoms with E-state index in [0.29, 0.717) is 24.3 Å². The number of nitrogens with zero attached hydrogens (tertiary/aromatic N) is 2. The summed E-state index contributed by atoms with van der Waals surface area (Å²) in [5, 5.41) is 0.673. The first kappa shape index (κ1) is 21.2. The number of hydrogen-bond acceptors (Lipinski definition) is 3. The molecular weight excluding hydrogens is 398 g/mol. The smallest absolute Gasteiger partial charge is 0.387 e. The van der Waals surface area contributed by atoms with Crippen molar-refractivity contribution in [2.24, 2.45) is 5.41 Å². The number of rotatable bonds is 5. The SMILES string of the molecule is C=C1C=C2c3cc4c(OC(F)F)cccc4n3CC(C(C)(C)C)N2C=C1C(=C)OCC. The molecule has 0 aliphatic carbocycles. The van der Waals surface area contributed by atoms with E-state index in [0.717, 1.165) is 28.1 Å². The van der Waals surface area contributed by atoms with E-state index < -0.39 is 6.61 Å². The Morgan fingerprint density at radius 3 is 2.68 bits per heavy atom. The van der Waals surface area contributed by atoms with Crippen LogP contribution in [-0.2, 0) is 11.3 Å². The van der Waals surface area contributed by atoms with Crippen LogP contribution in [0.2, 0.25) is 0 Å². The van der Waals surface area contributed by atoms with Crippen LogP contribution in [0.3, 0.4) is 0 Å². The Labute approximate surface area is 181 Å². The van der Waals surface area contributed by atoms with Gasteiger partial charge in [-0.2, -0.15) is 8.78 Å². The lowest BCUT2D eigenvalue weighted by molar-refractivity contribution is -0.0487. The molecule has 0 saturated heterocycles. The third kappa shape index (κ3) is 3.64. The molecule has 0 spiro atoms. The van der Waals surface area contributed by atoms with E-state index in [-0.39, 0.29) is 17.2 Å². The first-order valence-corrected chi connectivity index (χ1v) is 10.4. The Morgan fingerprint density at radius 1 is 1.29 bits per heavy atom. The van der Waals surface area contributed by atoms with Gasteiger partial charge in [-0.25, -0.2) is 0 Å². The second-order valence-corrected chi connectivity index (χ2v) is 8.95. The summed E-state index contributed by atoms with van der Waals surface area (Å²) in [5.74, 6) is 0.777. The predicted octanol–water partition coefficient (Wildman–Crippen LogP) is 6.32. The van der Waals surface area contributed by atoms with Gasteiger partial charge in [0.1, 0.15) is 11.5 Å². The Morgan fingerprint density at radius 2 is 2.03 bits per heavy atom. The predicted molar refractivity (Wildman–Crippen MR) is 120 cm³/mol. The zero-order valence-corrected chi connectivity index (χ0v) is 18.4. The zero-order valence-electron chi connectivity index (χ0n) is 18.4. The van der Waals surface area contributed by atoms with Gasteiger partial charge in [0.05, 0.1) is 29.6 Å². The van der Waals surface area contributed by atoms with Gasteiger partial charge in [-0.1, -0.05) is 40.0 Å². The summed E-state index contributed by atoms with van der Waals surface area (Å²) in [5.41, 5.74) is 4.41. The fourth-order valence-electron chi connectivity index (χ4n) is 4.39. The van der Waals surface area contributed by atoms with E-state index >= 15 is 0 Å². The molecule has 6 heteroatoms. The van der Waals surface area contributed by atoms with Gasteiger partial charge in [0.15, 0.2) is 0 Å². The Balaban J connectivity index is 1.89. The second-order valence-electron chi connectivity index (χ2n) is 8.95. The fourth-order valence-corrected chi connectivity index (χ4v) is 4.39. The third-order valence-corrected chi connectivity index (χ3v) is 5.90. The van der Waals surface area contributed by atoms with Crippen LogP contribution in [0.5, 0.6) is 5.75 Å². The first-order valence-electron chi connectivity index (χ1n) is 10.4. The highest BCUT2D eigenvalue weighted by atomic mass is 19.3. The number of allylic oxidation sites excluding steroid dienone is 2. The quantitative estimate of drug-likeness (QED) is 0.524. The lowest BCUT2D eigenvalue weighted by Gasteiger charge is -2.46. The van der Waals surface area contributed by atoms with E-state index in [2.05, 4.69) is 49.6 Å². The van der Waals surface area contributed by atoms with Crippen molar-refractivity contribution in [2.75, 3.05) is 6.61 Å². The molecule has 3 heterocycles. The van der Waals surface area contributed by atoms with Crippen LogP contribution < -0.4 is 4.74 Å². The van der Waals surface area contributed by atoms with Crippen molar-refractivity contribution < 1.29 is 18.3 Å². The van der Waals surface area contributed by atoms with E-state index in [1.807, 2.05) is 25.1 Å². The summed E-state index contributed by atoms with van der Waals surface area (Å²) >= 11 is 0. The second kappa shape index (κ2) is 7.59. The molecule has 0 saturated carbocycles. The standard InChI is InChI=1S/C25H28F2N2O2/c1-7-30-16(3)18-13-29-20(11-15(18)2)21-12-17-19(9-8-10-22(17)31-24(26)27)28(21)14-23(29)25(4,5)6/h8-13,23-24H,2-3,7,14H2,1,4-6H3. The Kier molecular flexibility index (Phi) is 5.20. The minimum absolute atomic E-state index is 0.0579. The number of hydrogen-bond donors (Lipinski definition) is 0. The molecule has 0 fully saturated rings. The Bertz CT molecular complexity index is 1120. The van der Waals surface area contributed by atoms with E-state index in [1.165, 1.54) is 0 Å². The van der Waals surface area contributed by atoms with Gasteiger partial charge in [-0.3, -0.25) is 0 Å². The van der Waals surface area contributed by atoms with Crippen molar-refractivity contribution in [1.82, 2.24) is 9.47 Å². The monoisotopic (exact) mass is 426 g/mol. The van der Waals surface area contributed by atoms with Crippen molar-refractivity contribution >= 4 is 16.6 Å². The topological polar surface area (TPSA) is 26.6 Å². The maximum atomic E-state index is 13.0. The van der Waals surface area contributed by atoms with Crippen LogP contribution >= 0.6 is 0 Å². The molecule has 0 bridgehead atoms. The maximum Gasteiger partial charge on any atom is 0.387 e. The van der Waals surface area contributed by atoms with Crippen LogP contribution in [-0.4, -0.2) is 28.7 Å². The van der Waals surface area contributed by atoms with Crippen molar-refractivity contribution in [1.29, 1.82) is 0 Å². The number of fused-ring (bicyclic) bond motifs is 5. The van der Waals surface area contributed by atoms with Gasteiger partial charge in [-0.05, 0) is 42.2 Å². The van der Waals surface area contributed by atoms with Gasteiger partial charge < -0.3 is 18.9 Å². The summed E-state index contributed by atoms with van der Waals surface area (Å²) in [7, 11) is 0.